The van der Waals surface area contributed by atoms with Gasteiger partial charge in [0.05, 0.1) is 23.8 Å². The lowest BCUT2D eigenvalue weighted by Crippen LogP contribution is -2.38. The lowest BCUT2D eigenvalue weighted by atomic mass is 9.78. The third-order valence-electron chi connectivity index (χ3n) is 6.52. The molecule has 33 heavy (non-hydrogen) atoms. The minimum Gasteiger partial charge on any atom is -0.456 e. The van der Waals surface area contributed by atoms with Gasteiger partial charge in [0.2, 0.25) is 0 Å². The number of hydrogen-bond acceptors (Lipinski definition) is 6. The van der Waals surface area contributed by atoms with E-state index in [9.17, 15) is 4.79 Å². The minimum absolute atomic E-state index is 0.299. The Labute approximate surface area is 190 Å². The van der Waals surface area contributed by atoms with Gasteiger partial charge < -0.3 is 14.5 Å². The highest BCUT2D eigenvalue weighted by Gasteiger charge is 2.48. The summed E-state index contributed by atoms with van der Waals surface area (Å²) < 4.78 is 11.8. The van der Waals surface area contributed by atoms with E-state index >= 15 is 0 Å². The number of benzene rings is 1. The number of aromatic amines is 1. The molecule has 0 unspecified atom stereocenters. The van der Waals surface area contributed by atoms with Crippen molar-refractivity contribution in [2.75, 3.05) is 11.4 Å². The molecule has 1 saturated carbocycles. The number of aromatic nitrogens is 4. The van der Waals surface area contributed by atoms with Gasteiger partial charge in [-0.2, -0.15) is 0 Å². The van der Waals surface area contributed by atoms with Gasteiger partial charge in [-0.3, -0.25) is 9.88 Å². The molecule has 1 aliphatic carbocycles. The van der Waals surface area contributed by atoms with Gasteiger partial charge in [-0.05, 0) is 62.1 Å². The fraction of sp³-hybridized carbons (Fsp3) is 0.280. The van der Waals surface area contributed by atoms with Gasteiger partial charge in [0.25, 0.3) is 0 Å². The van der Waals surface area contributed by atoms with Crippen molar-refractivity contribution in [1.82, 2.24) is 19.9 Å². The summed E-state index contributed by atoms with van der Waals surface area (Å²) in [5.74, 6) is 3.33. The molecule has 6 rings (SSSR count). The number of amides is 1. The number of anilines is 1. The third-order valence-corrected chi connectivity index (χ3v) is 6.52. The minimum atomic E-state index is -0.443. The smallest absolute Gasteiger partial charge is 0.416 e. The Bertz CT molecular complexity index is 1280. The Balaban J connectivity index is 1.15. The van der Waals surface area contributed by atoms with Gasteiger partial charge in [-0.25, -0.2) is 14.8 Å². The Kier molecular flexibility index (Phi) is 4.71. The van der Waals surface area contributed by atoms with Gasteiger partial charge in [0, 0.05) is 24.4 Å². The molecule has 2 aliphatic rings. The number of imidazole rings is 1. The van der Waals surface area contributed by atoms with E-state index in [-0.39, 0.29) is 6.09 Å². The van der Waals surface area contributed by atoms with Gasteiger partial charge in [0.15, 0.2) is 0 Å². The first-order valence-corrected chi connectivity index (χ1v) is 11.2. The van der Waals surface area contributed by atoms with Crippen LogP contribution in [0.15, 0.2) is 67.1 Å². The number of ether oxygens (including phenoxy) is 2. The summed E-state index contributed by atoms with van der Waals surface area (Å²) in [6.45, 7) is 0.546. The lowest BCUT2D eigenvalue weighted by Gasteiger charge is -2.34. The fourth-order valence-corrected chi connectivity index (χ4v) is 4.80. The largest absolute Gasteiger partial charge is 0.456 e. The standard InChI is InChI=1S/C25H23N5O3/c31-24-30(22-5-1-2-13-27-22)16-25(33-24)10-8-17(9-11-25)23-28-20-7-6-18(14-21(20)29-23)32-19-4-3-12-26-15-19/h1-7,12-15,17H,8-11,16H2,(H,28,29)/t17-,25-. The normalized spacial score (nSPS) is 22.6. The molecule has 0 bridgehead atoms. The molecule has 1 amide bonds. The molecule has 1 spiro atoms. The van der Waals surface area contributed by atoms with Crippen LogP contribution in [-0.2, 0) is 4.74 Å². The van der Waals surface area contributed by atoms with E-state index in [2.05, 4.69) is 15.0 Å². The lowest BCUT2D eigenvalue weighted by molar-refractivity contribution is 0.0208. The number of nitrogens with zero attached hydrogens (tertiary/aromatic N) is 4. The molecule has 1 aromatic carbocycles. The number of hydrogen-bond donors (Lipinski definition) is 1. The van der Waals surface area contributed by atoms with Crippen molar-refractivity contribution in [1.29, 1.82) is 0 Å². The zero-order chi connectivity index (χ0) is 22.3. The maximum Gasteiger partial charge on any atom is 0.416 e. The van der Waals surface area contributed by atoms with Crippen LogP contribution in [0.1, 0.15) is 37.4 Å². The highest BCUT2D eigenvalue weighted by molar-refractivity contribution is 5.89. The molecule has 4 aromatic rings. The van der Waals surface area contributed by atoms with Crippen molar-refractivity contribution in [3.63, 3.8) is 0 Å². The van der Waals surface area contributed by atoms with Crippen molar-refractivity contribution in [3.05, 3.63) is 72.9 Å². The highest BCUT2D eigenvalue weighted by atomic mass is 16.6. The Morgan fingerprint density at radius 3 is 2.76 bits per heavy atom. The van der Waals surface area contributed by atoms with Gasteiger partial charge in [-0.1, -0.05) is 6.07 Å². The van der Waals surface area contributed by atoms with Crippen LogP contribution in [0.4, 0.5) is 10.6 Å². The zero-order valence-electron chi connectivity index (χ0n) is 18.0. The van der Waals surface area contributed by atoms with Gasteiger partial charge in [-0.15, -0.1) is 0 Å². The van der Waals surface area contributed by atoms with Crippen molar-refractivity contribution >= 4 is 22.9 Å². The molecule has 8 nitrogen and oxygen atoms in total. The van der Waals surface area contributed by atoms with Crippen LogP contribution in [0, 0.1) is 0 Å². The van der Waals surface area contributed by atoms with Crippen molar-refractivity contribution in [2.24, 2.45) is 0 Å². The summed E-state index contributed by atoms with van der Waals surface area (Å²) in [5.41, 5.74) is 1.42. The van der Waals surface area contributed by atoms with E-state index in [0.29, 0.717) is 24.0 Å². The summed E-state index contributed by atoms with van der Waals surface area (Å²) in [6, 6.07) is 15.1. The predicted octanol–water partition coefficient (Wildman–Crippen LogP) is 5.20. The SMILES string of the molecule is O=C1O[C@]2(CC[C@H](c3nc4cc(Oc5cccnc5)ccc4[nH]3)CC2)CN1c1ccccn1. The first-order valence-electron chi connectivity index (χ1n) is 11.2. The van der Waals surface area contributed by atoms with E-state index in [1.165, 1.54) is 0 Å². The molecule has 166 valence electrons. The maximum atomic E-state index is 12.5. The van der Waals surface area contributed by atoms with Crippen LogP contribution in [0.3, 0.4) is 0 Å². The van der Waals surface area contributed by atoms with Crippen molar-refractivity contribution < 1.29 is 14.3 Å². The summed E-state index contributed by atoms with van der Waals surface area (Å²) in [5, 5.41) is 0. The van der Waals surface area contributed by atoms with Crippen molar-refractivity contribution in [2.45, 2.75) is 37.2 Å². The second-order valence-corrected chi connectivity index (χ2v) is 8.69. The molecule has 4 heterocycles. The average Bonchev–Trinajstić information content (AvgIpc) is 3.41. The van der Waals surface area contributed by atoms with Crippen LogP contribution in [0.25, 0.3) is 11.0 Å². The van der Waals surface area contributed by atoms with E-state index in [1.54, 1.807) is 23.5 Å². The van der Waals surface area contributed by atoms with Crippen LogP contribution in [0.2, 0.25) is 0 Å². The molecule has 1 N–H and O–H groups in total. The van der Waals surface area contributed by atoms with E-state index in [1.807, 2.05) is 48.5 Å². The number of H-pyrrole nitrogens is 1. The van der Waals surface area contributed by atoms with E-state index < -0.39 is 5.60 Å². The topological polar surface area (TPSA) is 93.2 Å². The number of fused-ring (bicyclic) bond motifs is 1. The fourth-order valence-electron chi connectivity index (χ4n) is 4.80. The molecule has 8 heteroatoms. The second kappa shape index (κ2) is 7.88. The first-order chi connectivity index (χ1) is 16.2. The number of carbonyl (C=O) groups is 1. The van der Waals surface area contributed by atoms with Gasteiger partial charge in [0.1, 0.15) is 28.7 Å². The molecule has 0 radical (unpaired) electrons. The molecule has 0 atom stereocenters. The quantitative estimate of drug-likeness (QED) is 0.468. The molecule has 1 saturated heterocycles. The number of rotatable bonds is 4. The highest BCUT2D eigenvalue weighted by Crippen LogP contribution is 2.43. The maximum absolute atomic E-state index is 12.5. The van der Waals surface area contributed by atoms with Crippen LogP contribution in [0.5, 0.6) is 11.5 Å². The predicted molar refractivity (Wildman–Crippen MR) is 122 cm³/mol. The number of nitrogens with one attached hydrogen (secondary N) is 1. The van der Waals surface area contributed by atoms with Crippen LogP contribution in [-0.4, -0.2) is 38.2 Å². The van der Waals surface area contributed by atoms with Crippen LogP contribution < -0.4 is 9.64 Å². The summed E-state index contributed by atoms with van der Waals surface area (Å²) in [6.07, 6.45) is 8.20. The summed E-state index contributed by atoms with van der Waals surface area (Å²) >= 11 is 0. The molecular formula is C25H23N5O3. The Morgan fingerprint density at radius 1 is 1.06 bits per heavy atom. The first kappa shape index (κ1) is 19.7. The zero-order valence-corrected chi connectivity index (χ0v) is 18.0. The number of carbonyl (C=O) groups excluding carboxylic acids is 1. The second-order valence-electron chi connectivity index (χ2n) is 8.69. The van der Waals surface area contributed by atoms with Crippen LogP contribution >= 0.6 is 0 Å². The molecule has 2 fully saturated rings. The monoisotopic (exact) mass is 441 g/mol. The molecular weight excluding hydrogens is 418 g/mol. The molecule has 1 aliphatic heterocycles. The van der Waals surface area contributed by atoms with E-state index in [4.69, 9.17) is 14.5 Å². The average molecular weight is 441 g/mol. The third kappa shape index (κ3) is 3.77. The summed E-state index contributed by atoms with van der Waals surface area (Å²) in [7, 11) is 0. The Hall–Kier alpha value is -3.94. The van der Waals surface area contributed by atoms with E-state index in [0.717, 1.165) is 48.3 Å². The van der Waals surface area contributed by atoms with Gasteiger partial charge >= 0.3 is 6.09 Å². The number of pyridine rings is 2. The summed E-state index contributed by atoms with van der Waals surface area (Å²) in [4.78, 5) is 30.9. The van der Waals surface area contributed by atoms with Crippen molar-refractivity contribution in [3.8, 4) is 11.5 Å². The Morgan fingerprint density at radius 2 is 1.97 bits per heavy atom. The molecule has 3 aromatic heterocycles.